The zero-order chi connectivity index (χ0) is 20.1. The SMILES string of the molecule is CC1(C)CC(N)CCN1Cc1cccc2c1CN(C1CCC(=O)NC1=O)C2=O. The van der Waals surface area contributed by atoms with Gasteiger partial charge in [-0.3, -0.25) is 24.6 Å². The van der Waals surface area contributed by atoms with Gasteiger partial charge in [-0.2, -0.15) is 0 Å². The lowest BCUT2D eigenvalue weighted by Gasteiger charge is -2.45. The fourth-order valence-electron chi connectivity index (χ4n) is 4.79. The number of carbonyl (C=O) groups excluding carboxylic acids is 3. The first-order chi connectivity index (χ1) is 13.3. The van der Waals surface area contributed by atoms with Crippen molar-refractivity contribution in [3.63, 3.8) is 0 Å². The molecule has 3 amide bonds. The highest BCUT2D eigenvalue weighted by atomic mass is 16.2. The monoisotopic (exact) mass is 384 g/mol. The van der Waals surface area contributed by atoms with Gasteiger partial charge in [0.05, 0.1) is 0 Å². The van der Waals surface area contributed by atoms with E-state index in [-0.39, 0.29) is 35.7 Å². The molecule has 0 spiro atoms. The molecule has 2 atom stereocenters. The molecule has 2 fully saturated rings. The van der Waals surface area contributed by atoms with Gasteiger partial charge in [0.15, 0.2) is 0 Å². The number of rotatable bonds is 3. The van der Waals surface area contributed by atoms with E-state index < -0.39 is 6.04 Å². The minimum atomic E-state index is -0.574. The number of likely N-dealkylation sites (tertiary alicyclic amines) is 1. The van der Waals surface area contributed by atoms with Crippen LogP contribution in [0, 0.1) is 0 Å². The summed E-state index contributed by atoms with van der Waals surface area (Å²) in [5.74, 6) is -0.756. The molecular weight excluding hydrogens is 356 g/mol. The smallest absolute Gasteiger partial charge is 0.255 e. The lowest BCUT2D eigenvalue weighted by molar-refractivity contribution is -0.136. The number of fused-ring (bicyclic) bond motifs is 1. The Bertz CT molecular complexity index is 835. The van der Waals surface area contributed by atoms with Gasteiger partial charge in [0.2, 0.25) is 11.8 Å². The standard InChI is InChI=1S/C21H28N4O3/c1-21(2)10-14(22)8-9-24(21)11-13-4-3-5-15-16(13)12-25(20(15)28)17-6-7-18(26)23-19(17)27/h3-5,14,17H,6-12,22H2,1-2H3,(H,23,26,27). The lowest BCUT2D eigenvalue weighted by Crippen LogP contribution is -2.53. The van der Waals surface area contributed by atoms with Crippen molar-refractivity contribution in [2.75, 3.05) is 6.54 Å². The summed E-state index contributed by atoms with van der Waals surface area (Å²) in [7, 11) is 0. The molecule has 3 heterocycles. The van der Waals surface area contributed by atoms with Crippen LogP contribution in [0.5, 0.6) is 0 Å². The number of imide groups is 1. The molecule has 7 heteroatoms. The molecule has 1 aromatic rings. The summed E-state index contributed by atoms with van der Waals surface area (Å²) >= 11 is 0. The number of hydrogen-bond donors (Lipinski definition) is 2. The van der Waals surface area contributed by atoms with Gasteiger partial charge >= 0.3 is 0 Å². The summed E-state index contributed by atoms with van der Waals surface area (Å²) < 4.78 is 0. The Hall–Kier alpha value is -2.25. The number of piperidine rings is 2. The first-order valence-corrected chi connectivity index (χ1v) is 10.0. The molecule has 0 aromatic heterocycles. The Morgan fingerprint density at radius 3 is 2.71 bits per heavy atom. The summed E-state index contributed by atoms with van der Waals surface area (Å²) in [5, 5.41) is 2.36. The maximum atomic E-state index is 13.0. The molecule has 0 bridgehead atoms. The van der Waals surface area contributed by atoms with Crippen molar-refractivity contribution in [2.24, 2.45) is 5.73 Å². The summed E-state index contributed by atoms with van der Waals surface area (Å²) in [5.41, 5.74) is 8.97. The van der Waals surface area contributed by atoms with Crippen molar-refractivity contribution in [3.05, 3.63) is 34.9 Å². The minimum Gasteiger partial charge on any atom is -0.328 e. The van der Waals surface area contributed by atoms with E-state index in [1.807, 2.05) is 12.1 Å². The van der Waals surface area contributed by atoms with Crippen LogP contribution in [0.1, 0.15) is 61.0 Å². The molecule has 150 valence electrons. The van der Waals surface area contributed by atoms with Gasteiger partial charge in [-0.05, 0) is 50.3 Å². The van der Waals surface area contributed by atoms with Gasteiger partial charge in [0.25, 0.3) is 5.91 Å². The van der Waals surface area contributed by atoms with Crippen LogP contribution in [0.2, 0.25) is 0 Å². The average molecular weight is 384 g/mol. The zero-order valence-electron chi connectivity index (χ0n) is 16.5. The summed E-state index contributed by atoms with van der Waals surface area (Å²) in [4.78, 5) is 40.7. The van der Waals surface area contributed by atoms with Gasteiger partial charge in [0, 0.05) is 43.2 Å². The van der Waals surface area contributed by atoms with E-state index in [9.17, 15) is 14.4 Å². The lowest BCUT2D eigenvalue weighted by atomic mass is 9.86. The second kappa shape index (κ2) is 6.97. The Morgan fingerprint density at radius 2 is 2.00 bits per heavy atom. The van der Waals surface area contributed by atoms with Crippen LogP contribution in [0.4, 0.5) is 0 Å². The van der Waals surface area contributed by atoms with Crippen LogP contribution in [0.3, 0.4) is 0 Å². The molecule has 0 radical (unpaired) electrons. The molecule has 2 saturated heterocycles. The van der Waals surface area contributed by atoms with Gasteiger partial charge < -0.3 is 10.6 Å². The molecule has 7 nitrogen and oxygen atoms in total. The summed E-state index contributed by atoms with van der Waals surface area (Å²) in [6.07, 6.45) is 2.57. The van der Waals surface area contributed by atoms with E-state index in [1.54, 1.807) is 4.90 Å². The largest absolute Gasteiger partial charge is 0.328 e. The Morgan fingerprint density at radius 1 is 1.21 bits per heavy atom. The number of nitrogens with two attached hydrogens (primary N) is 1. The fraction of sp³-hybridized carbons (Fsp3) is 0.571. The quantitative estimate of drug-likeness (QED) is 0.762. The molecule has 3 N–H and O–H groups in total. The number of nitrogens with zero attached hydrogens (tertiary/aromatic N) is 2. The third-order valence-electron chi connectivity index (χ3n) is 6.43. The Labute approximate surface area is 165 Å². The van der Waals surface area contributed by atoms with E-state index in [0.29, 0.717) is 18.5 Å². The molecule has 2 unspecified atom stereocenters. The predicted octanol–water partition coefficient (Wildman–Crippen LogP) is 1.15. The zero-order valence-corrected chi connectivity index (χ0v) is 16.5. The van der Waals surface area contributed by atoms with Crippen LogP contribution >= 0.6 is 0 Å². The highest BCUT2D eigenvalue weighted by Gasteiger charge is 2.40. The van der Waals surface area contributed by atoms with Crippen molar-refractivity contribution in [1.29, 1.82) is 0 Å². The maximum absolute atomic E-state index is 13.0. The van der Waals surface area contributed by atoms with Crippen molar-refractivity contribution >= 4 is 17.7 Å². The number of nitrogens with one attached hydrogen (secondary N) is 1. The van der Waals surface area contributed by atoms with Crippen LogP contribution < -0.4 is 11.1 Å². The van der Waals surface area contributed by atoms with Gasteiger partial charge in [-0.1, -0.05) is 12.1 Å². The fourth-order valence-corrected chi connectivity index (χ4v) is 4.79. The second-order valence-electron chi connectivity index (χ2n) is 8.83. The average Bonchev–Trinajstić information content (AvgIpc) is 2.95. The van der Waals surface area contributed by atoms with Crippen LogP contribution in [-0.2, 0) is 22.7 Å². The summed E-state index contributed by atoms with van der Waals surface area (Å²) in [6, 6.07) is 5.49. The Balaban J connectivity index is 1.56. The van der Waals surface area contributed by atoms with Crippen molar-refractivity contribution < 1.29 is 14.4 Å². The van der Waals surface area contributed by atoms with E-state index >= 15 is 0 Å². The first kappa shape index (κ1) is 19.1. The number of amides is 3. The third kappa shape index (κ3) is 3.33. The number of hydrogen-bond acceptors (Lipinski definition) is 5. The predicted molar refractivity (Wildman–Crippen MR) is 104 cm³/mol. The van der Waals surface area contributed by atoms with E-state index in [4.69, 9.17) is 5.73 Å². The number of benzene rings is 1. The van der Waals surface area contributed by atoms with Gasteiger partial charge in [-0.25, -0.2) is 0 Å². The van der Waals surface area contributed by atoms with Crippen molar-refractivity contribution in [1.82, 2.24) is 15.1 Å². The molecule has 0 saturated carbocycles. The highest BCUT2D eigenvalue weighted by Crippen LogP contribution is 2.33. The minimum absolute atomic E-state index is 0.00626. The van der Waals surface area contributed by atoms with Crippen molar-refractivity contribution in [3.8, 4) is 0 Å². The maximum Gasteiger partial charge on any atom is 0.255 e. The van der Waals surface area contributed by atoms with Crippen LogP contribution in [0.25, 0.3) is 0 Å². The second-order valence-corrected chi connectivity index (χ2v) is 8.83. The molecule has 0 aliphatic carbocycles. The van der Waals surface area contributed by atoms with E-state index in [1.165, 1.54) is 0 Å². The molecule has 4 rings (SSSR count). The molecule has 3 aliphatic heterocycles. The van der Waals surface area contributed by atoms with Gasteiger partial charge in [0.1, 0.15) is 6.04 Å². The third-order valence-corrected chi connectivity index (χ3v) is 6.43. The molecular formula is C21H28N4O3. The first-order valence-electron chi connectivity index (χ1n) is 10.0. The highest BCUT2D eigenvalue weighted by molar-refractivity contribution is 6.05. The van der Waals surface area contributed by atoms with Crippen molar-refractivity contribution in [2.45, 2.75) is 70.2 Å². The van der Waals surface area contributed by atoms with Gasteiger partial charge in [-0.15, -0.1) is 0 Å². The molecule has 28 heavy (non-hydrogen) atoms. The summed E-state index contributed by atoms with van der Waals surface area (Å²) in [6.45, 7) is 6.55. The molecule has 1 aromatic carbocycles. The van der Waals surface area contributed by atoms with Crippen LogP contribution in [-0.4, -0.2) is 51.7 Å². The topological polar surface area (TPSA) is 95.7 Å². The van der Waals surface area contributed by atoms with E-state index in [0.717, 1.165) is 37.1 Å². The molecule has 3 aliphatic rings. The Kier molecular flexibility index (Phi) is 4.75. The number of carbonyl (C=O) groups is 3. The normalized spacial score (nSPS) is 27.7. The van der Waals surface area contributed by atoms with E-state index in [2.05, 4.69) is 30.1 Å². The van der Waals surface area contributed by atoms with Crippen LogP contribution in [0.15, 0.2) is 18.2 Å².